The van der Waals surface area contributed by atoms with E-state index in [-0.39, 0.29) is 18.2 Å². The van der Waals surface area contributed by atoms with E-state index < -0.39 is 0 Å². The van der Waals surface area contributed by atoms with Crippen molar-refractivity contribution in [1.29, 1.82) is 0 Å². The number of ether oxygens (including phenoxy) is 1. The quantitative estimate of drug-likeness (QED) is 0.862. The minimum absolute atomic E-state index is 0.112. The molecule has 2 amide bonds. The summed E-state index contributed by atoms with van der Waals surface area (Å²) in [4.78, 5) is 12.0. The number of benzene rings is 2. The number of hydrogen-bond acceptors (Lipinski definition) is 2. The predicted molar refractivity (Wildman–Crippen MR) is 89.2 cm³/mol. The molecule has 0 aliphatic rings. The Morgan fingerprint density at radius 2 is 1.73 bits per heavy atom. The SMILES string of the molecule is CC(C)Oc1cccc(C(C)NC(=O)Nc2ccccc2)c1. The maximum absolute atomic E-state index is 12.0. The summed E-state index contributed by atoms with van der Waals surface area (Å²) in [5.41, 5.74) is 1.77. The van der Waals surface area contributed by atoms with Crippen LogP contribution in [0, 0.1) is 0 Å². The van der Waals surface area contributed by atoms with Crippen LogP contribution < -0.4 is 15.4 Å². The summed E-state index contributed by atoms with van der Waals surface area (Å²) < 4.78 is 5.68. The van der Waals surface area contributed by atoms with Crippen molar-refractivity contribution in [3.05, 3.63) is 60.2 Å². The average molecular weight is 298 g/mol. The molecule has 0 spiro atoms. The van der Waals surface area contributed by atoms with Gasteiger partial charge in [0.05, 0.1) is 12.1 Å². The van der Waals surface area contributed by atoms with E-state index in [1.54, 1.807) is 0 Å². The zero-order chi connectivity index (χ0) is 15.9. The minimum Gasteiger partial charge on any atom is -0.491 e. The van der Waals surface area contributed by atoms with E-state index in [1.807, 2.05) is 75.4 Å². The van der Waals surface area contributed by atoms with Crippen molar-refractivity contribution in [2.45, 2.75) is 32.9 Å². The van der Waals surface area contributed by atoms with Crippen molar-refractivity contribution in [2.75, 3.05) is 5.32 Å². The Morgan fingerprint density at radius 3 is 2.41 bits per heavy atom. The van der Waals surface area contributed by atoms with E-state index in [9.17, 15) is 4.79 Å². The van der Waals surface area contributed by atoms with Crippen LogP contribution in [0.25, 0.3) is 0 Å². The Bertz CT molecular complexity index is 611. The van der Waals surface area contributed by atoms with Crippen LogP contribution in [-0.4, -0.2) is 12.1 Å². The Labute approximate surface area is 131 Å². The predicted octanol–water partition coefficient (Wildman–Crippen LogP) is 4.36. The van der Waals surface area contributed by atoms with Gasteiger partial charge in [0.2, 0.25) is 0 Å². The molecule has 0 bridgehead atoms. The highest BCUT2D eigenvalue weighted by Gasteiger charge is 2.10. The van der Waals surface area contributed by atoms with Crippen LogP contribution in [0.4, 0.5) is 10.5 Å². The molecule has 116 valence electrons. The molecule has 1 unspecified atom stereocenters. The molecule has 2 aromatic rings. The molecule has 0 saturated heterocycles. The van der Waals surface area contributed by atoms with Crippen LogP contribution in [0.15, 0.2) is 54.6 Å². The van der Waals surface area contributed by atoms with E-state index >= 15 is 0 Å². The van der Waals surface area contributed by atoms with Crippen molar-refractivity contribution >= 4 is 11.7 Å². The molecule has 4 nitrogen and oxygen atoms in total. The molecule has 0 aliphatic heterocycles. The summed E-state index contributed by atoms with van der Waals surface area (Å²) in [5.74, 6) is 0.810. The fourth-order valence-corrected chi connectivity index (χ4v) is 2.10. The van der Waals surface area contributed by atoms with Gasteiger partial charge in [-0.2, -0.15) is 0 Å². The largest absolute Gasteiger partial charge is 0.491 e. The Hall–Kier alpha value is -2.49. The van der Waals surface area contributed by atoms with Gasteiger partial charge in [0.1, 0.15) is 5.75 Å². The van der Waals surface area contributed by atoms with Crippen LogP contribution in [0.5, 0.6) is 5.75 Å². The van der Waals surface area contributed by atoms with Crippen LogP contribution in [-0.2, 0) is 0 Å². The van der Waals surface area contributed by atoms with Crippen LogP contribution in [0.2, 0.25) is 0 Å². The molecular weight excluding hydrogens is 276 g/mol. The van der Waals surface area contributed by atoms with Gasteiger partial charge in [-0.3, -0.25) is 0 Å². The summed E-state index contributed by atoms with van der Waals surface area (Å²) in [6.07, 6.45) is 0.125. The third-order valence-corrected chi connectivity index (χ3v) is 3.11. The second-order valence-electron chi connectivity index (χ2n) is 5.43. The van der Waals surface area contributed by atoms with Crippen LogP contribution in [0.1, 0.15) is 32.4 Å². The molecule has 1 atom stereocenters. The van der Waals surface area contributed by atoms with Gasteiger partial charge in [-0.1, -0.05) is 30.3 Å². The number of carbonyl (C=O) groups is 1. The van der Waals surface area contributed by atoms with Gasteiger partial charge in [-0.05, 0) is 50.6 Å². The highest BCUT2D eigenvalue weighted by atomic mass is 16.5. The van der Waals surface area contributed by atoms with Crippen molar-refractivity contribution < 1.29 is 9.53 Å². The van der Waals surface area contributed by atoms with Crippen molar-refractivity contribution in [3.63, 3.8) is 0 Å². The van der Waals surface area contributed by atoms with Gasteiger partial charge in [0.15, 0.2) is 0 Å². The highest BCUT2D eigenvalue weighted by Crippen LogP contribution is 2.20. The lowest BCUT2D eigenvalue weighted by Gasteiger charge is -2.17. The second kappa shape index (κ2) is 7.50. The second-order valence-corrected chi connectivity index (χ2v) is 5.43. The van der Waals surface area contributed by atoms with Gasteiger partial charge >= 0.3 is 6.03 Å². The zero-order valence-electron chi connectivity index (χ0n) is 13.2. The van der Waals surface area contributed by atoms with Crippen molar-refractivity contribution in [3.8, 4) is 5.75 Å². The number of urea groups is 1. The normalized spacial score (nSPS) is 11.8. The van der Waals surface area contributed by atoms with Gasteiger partial charge in [0, 0.05) is 5.69 Å². The lowest BCUT2D eigenvalue weighted by molar-refractivity contribution is 0.241. The summed E-state index contributed by atoms with van der Waals surface area (Å²) in [6, 6.07) is 16.8. The third-order valence-electron chi connectivity index (χ3n) is 3.11. The fraction of sp³-hybridized carbons (Fsp3) is 0.278. The number of rotatable bonds is 5. The van der Waals surface area contributed by atoms with E-state index in [1.165, 1.54) is 0 Å². The number of anilines is 1. The standard InChI is InChI=1S/C18H22N2O2/c1-13(2)22-17-11-7-8-15(12-17)14(3)19-18(21)20-16-9-5-4-6-10-16/h4-14H,1-3H3,(H2,19,20,21). The topological polar surface area (TPSA) is 50.4 Å². The monoisotopic (exact) mass is 298 g/mol. The van der Waals surface area contributed by atoms with E-state index in [0.29, 0.717) is 0 Å². The molecule has 2 N–H and O–H groups in total. The molecule has 0 aromatic heterocycles. The average Bonchev–Trinajstić information content (AvgIpc) is 2.47. The van der Waals surface area contributed by atoms with Crippen LogP contribution >= 0.6 is 0 Å². The molecule has 0 fully saturated rings. The first-order valence-corrected chi connectivity index (χ1v) is 7.44. The zero-order valence-corrected chi connectivity index (χ0v) is 13.2. The summed E-state index contributed by atoms with van der Waals surface area (Å²) >= 11 is 0. The molecule has 2 rings (SSSR count). The first-order chi connectivity index (χ1) is 10.5. The summed E-state index contributed by atoms with van der Waals surface area (Å²) in [6.45, 7) is 5.92. The van der Waals surface area contributed by atoms with Crippen LogP contribution in [0.3, 0.4) is 0 Å². The van der Waals surface area contributed by atoms with Gasteiger partial charge in [-0.15, -0.1) is 0 Å². The minimum atomic E-state index is -0.228. The third kappa shape index (κ3) is 4.81. The Balaban J connectivity index is 1.96. The molecule has 0 aliphatic carbocycles. The van der Waals surface area contributed by atoms with Crippen molar-refractivity contribution in [1.82, 2.24) is 5.32 Å². The highest BCUT2D eigenvalue weighted by molar-refractivity contribution is 5.89. The lowest BCUT2D eigenvalue weighted by atomic mass is 10.1. The maximum Gasteiger partial charge on any atom is 0.319 e. The van der Waals surface area contributed by atoms with Crippen molar-refractivity contribution in [2.24, 2.45) is 0 Å². The first kappa shape index (κ1) is 15.9. The number of para-hydroxylation sites is 1. The number of nitrogens with one attached hydrogen (secondary N) is 2. The number of carbonyl (C=O) groups excluding carboxylic acids is 1. The Morgan fingerprint density at radius 1 is 1.00 bits per heavy atom. The molecule has 22 heavy (non-hydrogen) atoms. The van der Waals surface area contributed by atoms with E-state index in [0.717, 1.165) is 17.0 Å². The molecule has 2 aromatic carbocycles. The lowest BCUT2D eigenvalue weighted by Crippen LogP contribution is -2.31. The molecule has 4 heteroatoms. The smallest absolute Gasteiger partial charge is 0.319 e. The fourth-order valence-electron chi connectivity index (χ4n) is 2.10. The molecule has 0 saturated carbocycles. The van der Waals surface area contributed by atoms with Gasteiger partial charge < -0.3 is 15.4 Å². The van der Waals surface area contributed by atoms with Gasteiger partial charge in [-0.25, -0.2) is 4.79 Å². The summed E-state index contributed by atoms with van der Waals surface area (Å²) in [7, 11) is 0. The first-order valence-electron chi connectivity index (χ1n) is 7.44. The maximum atomic E-state index is 12.0. The number of hydrogen-bond donors (Lipinski definition) is 2. The number of amides is 2. The molecular formula is C18H22N2O2. The van der Waals surface area contributed by atoms with E-state index in [4.69, 9.17) is 4.74 Å². The summed E-state index contributed by atoms with van der Waals surface area (Å²) in [5, 5.41) is 5.73. The molecule has 0 radical (unpaired) electrons. The van der Waals surface area contributed by atoms with E-state index in [2.05, 4.69) is 10.6 Å². The van der Waals surface area contributed by atoms with Gasteiger partial charge in [0.25, 0.3) is 0 Å². The Kier molecular flexibility index (Phi) is 5.42. The molecule has 0 heterocycles.